The monoisotopic (exact) mass is 384 g/mol. The molecule has 0 bridgehead atoms. The Balaban J connectivity index is 1.62. The normalized spacial score (nSPS) is 26.3. The highest BCUT2D eigenvalue weighted by molar-refractivity contribution is 6.62. The molecule has 2 aromatic rings. The Morgan fingerprint density at radius 2 is 1.86 bits per heavy atom. The van der Waals surface area contributed by atoms with Crippen LogP contribution in [0.2, 0.25) is 0 Å². The quantitative estimate of drug-likeness (QED) is 0.811. The Kier molecular flexibility index (Phi) is 4.23. The number of amides is 1. The molecule has 8 heteroatoms. The standard InChI is InChI=1S/C20H25BN2O5/c1-18(2)19(3,4)28-21(27-18)14-8-6-7-13(11-14)16-22-12-15(26-16)20(25)9-10-23(5)17(20)24/h6-8,11-12,25H,9-10H2,1-5H3. The smallest absolute Gasteiger partial charge is 0.438 e. The summed E-state index contributed by atoms with van der Waals surface area (Å²) in [5.74, 6) is 0.128. The molecule has 28 heavy (non-hydrogen) atoms. The molecule has 0 aliphatic carbocycles. The van der Waals surface area contributed by atoms with Gasteiger partial charge in [-0.1, -0.05) is 12.1 Å². The number of hydrogen-bond donors (Lipinski definition) is 1. The lowest BCUT2D eigenvalue weighted by atomic mass is 9.78. The van der Waals surface area contributed by atoms with E-state index >= 15 is 0 Å². The van der Waals surface area contributed by atoms with Gasteiger partial charge in [-0.2, -0.15) is 0 Å². The predicted octanol–water partition coefficient (Wildman–Crippen LogP) is 1.69. The van der Waals surface area contributed by atoms with Crippen molar-refractivity contribution in [2.75, 3.05) is 13.6 Å². The number of likely N-dealkylation sites (tertiary alicyclic amines) is 1. The molecule has 1 amide bonds. The van der Waals surface area contributed by atoms with E-state index in [9.17, 15) is 9.90 Å². The van der Waals surface area contributed by atoms with Crippen LogP contribution >= 0.6 is 0 Å². The van der Waals surface area contributed by atoms with Crippen molar-refractivity contribution in [3.8, 4) is 11.5 Å². The van der Waals surface area contributed by atoms with Crippen LogP contribution < -0.4 is 5.46 Å². The Hall–Kier alpha value is -2.16. The second-order valence-corrected chi connectivity index (χ2v) is 8.58. The van der Waals surface area contributed by atoms with Crippen molar-refractivity contribution in [3.05, 3.63) is 36.2 Å². The SMILES string of the molecule is CN1CCC(O)(c2cnc(-c3cccc(B4OC(C)(C)C(C)(C)O4)c3)o2)C1=O. The van der Waals surface area contributed by atoms with Crippen molar-refractivity contribution in [1.29, 1.82) is 0 Å². The average Bonchev–Trinajstić information content (AvgIpc) is 3.29. The molecule has 2 saturated heterocycles. The number of benzene rings is 1. The van der Waals surface area contributed by atoms with Crippen LogP contribution in [0.25, 0.3) is 11.5 Å². The highest BCUT2D eigenvalue weighted by Crippen LogP contribution is 2.37. The van der Waals surface area contributed by atoms with Gasteiger partial charge in [0.1, 0.15) is 0 Å². The van der Waals surface area contributed by atoms with Crippen LogP contribution in [-0.4, -0.2) is 52.8 Å². The summed E-state index contributed by atoms with van der Waals surface area (Å²) < 4.78 is 18.0. The Morgan fingerprint density at radius 1 is 1.18 bits per heavy atom. The van der Waals surface area contributed by atoms with Crippen molar-refractivity contribution in [1.82, 2.24) is 9.88 Å². The van der Waals surface area contributed by atoms with Crippen molar-refractivity contribution < 1.29 is 23.6 Å². The third-order valence-electron chi connectivity index (χ3n) is 6.08. The summed E-state index contributed by atoms with van der Waals surface area (Å²) in [5, 5.41) is 10.7. The fraction of sp³-hybridized carbons (Fsp3) is 0.500. The van der Waals surface area contributed by atoms with E-state index in [1.165, 1.54) is 11.1 Å². The highest BCUT2D eigenvalue weighted by Gasteiger charge is 2.52. The number of rotatable bonds is 3. The first-order valence-electron chi connectivity index (χ1n) is 9.44. The molecule has 7 nitrogen and oxygen atoms in total. The first-order valence-corrected chi connectivity index (χ1v) is 9.44. The van der Waals surface area contributed by atoms with E-state index < -0.39 is 23.9 Å². The van der Waals surface area contributed by atoms with E-state index in [1.807, 2.05) is 52.0 Å². The molecule has 1 unspecified atom stereocenters. The first kappa shape index (κ1) is 19.2. The first-order chi connectivity index (χ1) is 13.0. The zero-order valence-corrected chi connectivity index (χ0v) is 16.9. The van der Waals surface area contributed by atoms with Gasteiger partial charge in [0.2, 0.25) is 11.5 Å². The van der Waals surface area contributed by atoms with Crippen molar-refractivity contribution >= 4 is 18.5 Å². The molecular formula is C20H25BN2O5. The van der Waals surface area contributed by atoms with Gasteiger partial charge in [-0.3, -0.25) is 4.79 Å². The maximum Gasteiger partial charge on any atom is 0.494 e. The van der Waals surface area contributed by atoms with Crippen LogP contribution in [0.5, 0.6) is 0 Å². The number of carbonyl (C=O) groups excluding carboxylic acids is 1. The average molecular weight is 384 g/mol. The summed E-state index contributed by atoms with van der Waals surface area (Å²) in [6.07, 6.45) is 1.71. The summed E-state index contributed by atoms with van der Waals surface area (Å²) in [4.78, 5) is 18.0. The second-order valence-electron chi connectivity index (χ2n) is 8.58. The van der Waals surface area contributed by atoms with Crippen LogP contribution in [0, 0.1) is 0 Å². The van der Waals surface area contributed by atoms with Gasteiger partial charge in [0.15, 0.2) is 5.76 Å². The van der Waals surface area contributed by atoms with Crippen LogP contribution in [0.15, 0.2) is 34.9 Å². The minimum atomic E-state index is -1.65. The summed E-state index contributed by atoms with van der Waals surface area (Å²) in [6.45, 7) is 8.50. The Morgan fingerprint density at radius 3 is 2.46 bits per heavy atom. The van der Waals surface area contributed by atoms with Crippen LogP contribution in [0.1, 0.15) is 39.9 Å². The minimum absolute atomic E-state index is 0.165. The van der Waals surface area contributed by atoms with Crippen LogP contribution in [0.4, 0.5) is 0 Å². The lowest BCUT2D eigenvalue weighted by molar-refractivity contribution is -0.144. The molecule has 0 radical (unpaired) electrons. The van der Waals surface area contributed by atoms with Crippen molar-refractivity contribution in [3.63, 3.8) is 0 Å². The lowest BCUT2D eigenvalue weighted by Crippen LogP contribution is -2.41. The van der Waals surface area contributed by atoms with Crippen molar-refractivity contribution in [2.45, 2.75) is 50.9 Å². The van der Waals surface area contributed by atoms with Crippen molar-refractivity contribution in [2.24, 2.45) is 0 Å². The molecule has 2 fully saturated rings. The van der Waals surface area contributed by atoms with Gasteiger partial charge in [-0.25, -0.2) is 4.98 Å². The molecule has 4 rings (SSSR count). The second kappa shape index (κ2) is 6.17. The summed E-state index contributed by atoms with van der Waals surface area (Å²) >= 11 is 0. The van der Waals surface area contributed by atoms with Gasteiger partial charge in [0, 0.05) is 25.6 Å². The van der Waals surface area contributed by atoms with Gasteiger partial charge in [-0.05, 0) is 45.3 Å². The third-order valence-corrected chi connectivity index (χ3v) is 6.08. The third kappa shape index (κ3) is 2.87. The lowest BCUT2D eigenvalue weighted by Gasteiger charge is -2.32. The molecule has 0 spiro atoms. The molecular weight excluding hydrogens is 359 g/mol. The molecule has 3 heterocycles. The summed E-state index contributed by atoms with van der Waals surface area (Å²) in [7, 11) is 1.17. The molecule has 1 aromatic carbocycles. The zero-order chi connectivity index (χ0) is 20.3. The minimum Gasteiger partial charge on any atom is -0.438 e. The maximum absolute atomic E-state index is 12.3. The molecule has 148 valence electrons. The van der Waals surface area contributed by atoms with Gasteiger partial charge in [0.05, 0.1) is 17.4 Å². The van der Waals surface area contributed by atoms with Gasteiger partial charge in [-0.15, -0.1) is 0 Å². The number of likely N-dealkylation sites (N-methyl/N-ethyl adjacent to an activating group) is 1. The van der Waals surface area contributed by atoms with Crippen LogP contribution in [0.3, 0.4) is 0 Å². The van der Waals surface area contributed by atoms with Gasteiger partial charge >= 0.3 is 7.12 Å². The van der Waals surface area contributed by atoms with E-state index in [0.717, 1.165) is 11.0 Å². The van der Waals surface area contributed by atoms with Crippen LogP contribution in [-0.2, 0) is 19.7 Å². The number of hydrogen-bond acceptors (Lipinski definition) is 6. The van der Waals surface area contributed by atoms with E-state index in [-0.39, 0.29) is 18.1 Å². The van der Waals surface area contributed by atoms with Gasteiger partial charge in [0.25, 0.3) is 5.91 Å². The zero-order valence-electron chi connectivity index (χ0n) is 16.9. The highest BCUT2D eigenvalue weighted by atomic mass is 16.7. The van der Waals surface area contributed by atoms with E-state index in [4.69, 9.17) is 13.7 Å². The van der Waals surface area contributed by atoms with E-state index in [2.05, 4.69) is 4.98 Å². The summed E-state index contributed by atoms with van der Waals surface area (Å²) in [6, 6.07) is 7.56. The van der Waals surface area contributed by atoms with Gasteiger partial charge < -0.3 is 23.7 Å². The fourth-order valence-electron chi connectivity index (χ4n) is 3.48. The molecule has 1 N–H and O–H groups in total. The largest absolute Gasteiger partial charge is 0.494 e. The Bertz CT molecular complexity index is 909. The molecule has 1 aromatic heterocycles. The summed E-state index contributed by atoms with van der Waals surface area (Å²) in [5.41, 5.74) is -0.931. The molecule has 1 atom stereocenters. The Labute approximate surface area is 164 Å². The predicted molar refractivity (Wildman–Crippen MR) is 104 cm³/mol. The number of nitrogens with zero attached hydrogens (tertiary/aromatic N) is 2. The molecule has 2 aliphatic rings. The van der Waals surface area contributed by atoms with E-state index in [0.29, 0.717) is 12.4 Å². The number of aromatic nitrogens is 1. The fourth-order valence-corrected chi connectivity index (χ4v) is 3.48. The maximum atomic E-state index is 12.3. The molecule has 2 aliphatic heterocycles. The molecule has 0 saturated carbocycles. The van der Waals surface area contributed by atoms with E-state index in [1.54, 1.807) is 7.05 Å². The topological polar surface area (TPSA) is 85.0 Å². The number of carbonyl (C=O) groups is 1. The number of oxazole rings is 1. The number of aliphatic hydroxyl groups is 1.